The molecule has 8 heterocycles. The minimum absolute atomic E-state index is 0.0214. The Balaban J connectivity index is 0.000000152. The number of ether oxygens (including phenoxy) is 5. The number of hydrogen-bond acceptors (Lipinski definition) is 37. The highest BCUT2D eigenvalue weighted by Crippen LogP contribution is 2.44. The Bertz CT molecular complexity index is 6400. The number of piperidine rings is 4. The highest BCUT2D eigenvalue weighted by Gasteiger charge is 2.57. The van der Waals surface area contributed by atoms with E-state index in [2.05, 4.69) is 52.8 Å². The number of thiazole rings is 3. The van der Waals surface area contributed by atoms with Crippen LogP contribution in [0.25, 0.3) is 41.7 Å². The zero-order valence-corrected chi connectivity index (χ0v) is 89.0. The molecule has 774 valence electrons. The number of carbonyl (C=O) groups excluding carboxylic acids is 4. The molecular weight excluding hydrogens is 2060 g/mol. The zero-order chi connectivity index (χ0) is 102. The van der Waals surface area contributed by atoms with Gasteiger partial charge in [0.2, 0.25) is 0 Å². The van der Waals surface area contributed by atoms with Crippen molar-refractivity contribution >= 4 is 186 Å². The van der Waals surface area contributed by atoms with Crippen molar-refractivity contribution in [2.75, 3.05) is 135 Å². The SMILES string of the molecule is CCN1CCC(C(=O)NO)(S(=O)(=O)c2ccc(OCCCSc3nc4ccccc4o3)cc2)CC1.CCN1CCC(C(=O)NO)(S(=O)(=O)c2ccc(OCCCSc3nc4ccccc4s3)cc2)CC1.CCOCN1CCC(C(=O)NO)(S(=O)(=O)c2ccc(OCCCSc3nc4ccccc4s3)cc2)CC1.O=C(NO)C1(S(=O)(=O)c2ccc(OCCCSc3nc4ccccc4s3)cc2)CCN(CC2CC2)CC1. The average molecular weight is 2180 g/mol. The Labute approximate surface area is 867 Å². The average Bonchev–Trinajstić information content (AvgIpc) is 0.803. The van der Waals surface area contributed by atoms with Crippen LogP contribution in [0.3, 0.4) is 0 Å². The fraction of sp³-hybridized carbons (Fsp3) is 0.434. The van der Waals surface area contributed by atoms with Crippen molar-refractivity contribution in [2.24, 2.45) is 5.92 Å². The number of amides is 4. The van der Waals surface area contributed by atoms with E-state index >= 15 is 0 Å². The lowest BCUT2D eigenvalue weighted by Gasteiger charge is -2.39. The maximum Gasteiger partial charge on any atom is 0.265 e. The van der Waals surface area contributed by atoms with E-state index < -0.39 is 82.0 Å². The number of benzene rings is 8. The number of nitrogens with zero attached hydrogens (tertiary/aromatic N) is 8. The van der Waals surface area contributed by atoms with E-state index in [4.69, 9.17) is 28.1 Å². The Hall–Kier alpha value is -9.18. The predicted octanol–water partition coefficient (Wildman–Crippen LogP) is 15.9. The molecule has 4 saturated heterocycles. The summed E-state index contributed by atoms with van der Waals surface area (Å²) in [5, 5.41) is 37.9. The summed E-state index contributed by atoms with van der Waals surface area (Å²) in [6, 6.07) is 56.4. The zero-order valence-electron chi connectivity index (χ0n) is 80.0. The van der Waals surface area contributed by atoms with Crippen molar-refractivity contribution in [1.29, 1.82) is 0 Å². The molecule has 0 bridgehead atoms. The Morgan fingerprint density at radius 1 is 0.368 bits per heavy atom. The van der Waals surface area contributed by atoms with Gasteiger partial charge in [0.25, 0.3) is 28.9 Å². The molecule has 8 aromatic carbocycles. The third-order valence-electron chi connectivity index (χ3n) is 26.1. The summed E-state index contributed by atoms with van der Waals surface area (Å²) in [5.74, 6) is 2.73. The highest BCUT2D eigenvalue weighted by atomic mass is 32.2. The largest absolute Gasteiger partial charge is 0.494 e. The van der Waals surface area contributed by atoms with Crippen molar-refractivity contribution in [3.8, 4) is 23.0 Å². The van der Waals surface area contributed by atoms with E-state index in [9.17, 15) is 73.7 Å². The molecule has 8 N–H and O–H groups in total. The molecule has 1 aliphatic carbocycles. The van der Waals surface area contributed by atoms with E-state index in [1.807, 2.05) is 105 Å². The van der Waals surface area contributed by atoms with Gasteiger partial charge < -0.3 is 42.8 Å². The van der Waals surface area contributed by atoms with E-state index in [1.165, 1.54) is 87.2 Å². The van der Waals surface area contributed by atoms with Gasteiger partial charge in [0.1, 0.15) is 28.5 Å². The van der Waals surface area contributed by atoms with Crippen LogP contribution in [0.2, 0.25) is 0 Å². The van der Waals surface area contributed by atoms with E-state index in [0.717, 1.165) is 109 Å². The molecule has 0 atom stereocenters. The molecule has 12 aromatic rings. The van der Waals surface area contributed by atoms with Crippen molar-refractivity contribution in [2.45, 2.75) is 167 Å². The fourth-order valence-corrected chi connectivity index (χ4v) is 32.1. The monoisotopic (exact) mass is 2180 g/mol. The summed E-state index contributed by atoms with van der Waals surface area (Å²) in [4.78, 5) is 77.2. The summed E-state index contributed by atoms with van der Waals surface area (Å²) < 4.78 is 142. The van der Waals surface area contributed by atoms with Gasteiger partial charge in [-0.15, -0.1) is 34.0 Å². The van der Waals surface area contributed by atoms with Crippen LogP contribution in [-0.2, 0) is 63.3 Å². The van der Waals surface area contributed by atoms with Crippen molar-refractivity contribution < 1.29 is 102 Å². The Morgan fingerprint density at radius 2 is 0.646 bits per heavy atom. The topological polar surface area (TPSA) is 458 Å². The molecule has 0 unspecified atom stereocenters. The molecule has 144 heavy (non-hydrogen) atoms. The number of rotatable bonds is 43. The van der Waals surface area contributed by atoms with Crippen LogP contribution in [0.1, 0.15) is 111 Å². The molecule has 4 aliphatic heterocycles. The van der Waals surface area contributed by atoms with Gasteiger partial charge in [-0.05, 0) is 261 Å². The van der Waals surface area contributed by atoms with Gasteiger partial charge in [-0.1, -0.05) is 109 Å². The van der Waals surface area contributed by atoms with Gasteiger partial charge in [0.15, 0.2) is 76.9 Å². The molecule has 17 rings (SSSR count). The molecule has 5 aliphatic rings. The smallest absolute Gasteiger partial charge is 0.265 e. The number of sulfone groups is 4. The number of nitrogens with one attached hydrogen (secondary N) is 4. The maximum absolute atomic E-state index is 13.6. The third kappa shape index (κ3) is 26.7. The standard InChI is InChI=1S/C26H31N3O5S3.C25H31N3O6S3.C24H29N3O6S2.C24H29N3O5S3/c30-24(28-31)26(12-14-29(15-13-26)18-19-6-7-19)37(32,33)21-10-8-20(9-11-21)34-16-3-17-35-25-27-22-4-1-2-5-23(22)36-25;1-2-33-18-28-14-12-25(13-15-28,23(29)27-30)37(31,32)20-10-8-19(9-11-20)34-16-5-17-35-24-26-21-6-3-4-7-22(21)36-24;1-2-27-14-12-24(13-15-27,22(28)26-29)35(30,31)19-10-8-18(9-11-19)32-16-5-17-34-23-25-20-6-3-4-7-21(20)33-23;1-2-27-14-12-24(13-15-27,22(28)26-29)35(30,31)19-10-8-18(9-11-19)32-16-5-17-33-23-25-20-6-3-4-7-21(20)34-23/h1-2,4-5,8-11,19,31H,3,6-7,12-18H2,(H,28,30);3-4,6-11,30H,2,5,12-18H2,1H3,(H,27,29);2*3-4,6-11,29H,2,5,12-17H2,1H3,(H,26,28). The normalized spacial score (nSPS) is 16.7. The molecule has 0 spiro atoms. The van der Waals surface area contributed by atoms with Crippen LogP contribution in [-0.4, -0.2) is 271 Å². The number of thioether (sulfide) groups is 4. The van der Waals surface area contributed by atoms with Crippen LogP contribution < -0.4 is 40.9 Å². The summed E-state index contributed by atoms with van der Waals surface area (Å²) in [6.07, 6.45) is 6.51. The second kappa shape index (κ2) is 51.6. The molecule has 45 heteroatoms. The van der Waals surface area contributed by atoms with Gasteiger partial charge in [0.05, 0.1) is 83.4 Å². The first-order chi connectivity index (χ1) is 69.6. The highest BCUT2D eigenvalue weighted by molar-refractivity contribution is 8.01. The quantitative estimate of drug-likeness (QED) is 0.00761. The molecule has 5 fully saturated rings. The summed E-state index contributed by atoms with van der Waals surface area (Å²) in [6.45, 7) is 14.8. The van der Waals surface area contributed by atoms with Crippen molar-refractivity contribution in [1.82, 2.24) is 61.5 Å². The first-order valence-electron chi connectivity index (χ1n) is 47.7. The van der Waals surface area contributed by atoms with Crippen LogP contribution in [0, 0.1) is 5.92 Å². The van der Waals surface area contributed by atoms with Crippen LogP contribution in [0.4, 0.5) is 0 Å². The summed E-state index contributed by atoms with van der Waals surface area (Å²) >= 11 is 11.6. The van der Waals surface area contributed by atoms with Crippen LogP contribution >= 0.6 is 81.1 Å². The maximum atomic E-state index is 13.6. The molecule has 34 nitrogen and oxygen atoms in total. The number of aromatic nitrogens is 4. The molecule has 4 aromatic heterocycles. The first kappa shape index (κ1) is 110. The van der Waals surface area contributed by atoms with E-state index in [1.54, 1.807) is 140 Å². The second-order valence-corrected chi connectivity index (χ2v) is 52.2. The van der Waals surface area contributed by atoms with Crippen LogP contribution in [0.15, 0.2) is 236 Å². The number of oxazole rings is 1. The van der Waals surface area contributed by atoms with Crippen LogP contribution in [0.5, 0.6) is 23.0 Å². The fourth-order valence-electron chi connectivity index (χ4n) is 17.4. The van der Waals surface area contributed by atoms with E-state index in [-0.39, 0.29) is 70.9 Å². The lowest BCUT2D eigenvalue weighted by atomic mass is 9.94. The summed E-state index contributed by atoms with van der Waals surface area (Å²) in [7, 11) is -16.1. The number of para-hydroxylation sites is 5. The molecule has 1 saturated carbocycles. The van der Waals surface area contributed by atoms with Crippen molar-refractivity contribution in [3.63, 3.8) is 0 Å². The minimum atomic E-state index is -4.07. The lowest BCUT2D eigenvalue weighted by molar-refractivity contribution is -0.134. The molecule has 4 amide bonds. The van der Waals surface area contributed by atoms with Gasteiger partial charge >= 0.3 is 0 Å². The number of hydroxylamine groups is 4. The summed E-state index contributed by atoms with van der Waals surface area (Å²) in [5.41, 5.74) is 11.0. The molecular formula is C99H120N12O22S11. The third-order valence-corrected chi connectivity index (χ3v) is 43.9. The Morgan fingerprint density at radius 3 is 0.924 bits per heavy atom. The number of carbonyl (C=O) groups is 4. The van der Waals surface area contributed by atoms with Crippen molar-refractivity contribution in [3.05, 3.63) is 194 Å². The molecule has 0 radical (unpaired) electrons. The van der Waals surface area contributed by atoms with Gasteiger partial charge in [-0.25, -0.2) is 75.5 Å². The minimum Gasteiger partial charge on any atom is -0.494 e. The number of fused-ring (bicyclic) bond motifs is 4. The predicted molar refractivity (Wildman–Crippen MR) is 560 cm³/mol. The second-order valence-electron chi connectivity index (χ2n) is 35.0. The van der Waals surface area contributed by atoms with Gasteiger partial charge in [-0.3, -0.25) is 44.9 Å². The number of hydrogen-bond donors (Lipinski definition) is 8. The van der Waals surface area contributed by atoms with E-state index in [0.29, 0.717) is 126 Å². The number of likely N-dealkylation sites (tertiary alicyclic amines) is 4. The Kier molecular flexibility index (Phi) is 39.6. The van der Waals surface area contributed by atoms with Gasteiger partial charge in [-0.2, -0.15) is 0 Å². The van der Waals surface area contributed by atoms with Gasteiger partial charge in [0, 0.05) is 88.5 Å². The lowest BCUT2D eigenvalue weighted by Crippen LogP contribution is -2.57. The first-order valence-corrected chi connectivity index (χ1v) is 60.0.